The predicted octanol–water partition coefficient (Wildman–Crippen LogP) is 1.84. The lowest BCUT2D eigenvalue weighted by atomic mass is 9.92. The van der Waals surface area contributed by atoms with Gasteiger partial charge in [-0.1, -0.05) is 0 Å². The first-order valence-corrected chi connectivity index (χ1v) is 6.26. The normalized spacial score (nSPS) is 17.3. The van der Waals surface area contributed by atoms with Crippen molar-refractivity contribution in [2.24, 2.45) is 7.05 Å². The molecule has 17 heavy (non-hydrogen) atoms. The van der Waals surface area contributed by atoms with Gasteiger partial charge in [-0.2, -0.15) is 5.10 Å². The van der Waals surface area contributed by atoms with E-state index in [1.165, 1.54) is 11.3 Å². The van der Waals surface area contributed by atoms with Gasteiger partial charge in [0.1, 0.15) is 5.78 Å². The summed E-state index contributed by atoms with van der Waals surface area (Å²) in [7, 11) is 1.94. The maximum Gasteiger partial charge on any atom is 0.130 e. The fourth-order valence-electron chi connectivity index (χ4n) is 2.37. The molecule has 1 aromatic heterocycles. The predicted molar refractivity (Wildman–Crippen MR) is 65.0 cm³/mol. The highest BCUT2D eigenvalue weighted by atomic mass is 16.5. The van der Waals surface area contributed by atoms with Crippen LogP contribution in [0.3, 0.4) is 0 Å². The van der Waals surface area contributed by atoms with Crippen LogP contribution < -0.4 is 0 Å². The average Bonchev–Trinajstić information content (AvgIpc) is 2.69. The minimum absolute atomic E-state index is 0.242. The number of rotatable bonds is 4. The average molecular weight is 236 g/mol. The summed E-state index contributed by atoms with van der Waals surface area (Å²) in [4.78, 5) is 11.1. The Morgan fingerprint density at radius 2 is 2.24 bits per heavy atom. The fourth-order valence-corrected chi connectivity index (χ4v) is 2.37. The summed E-state index contributed by atoms with van der Waals surface area (Å²) < 4.78 is 7.24. The Labute approximate surface area is 102 Å². The molecule has 0 aliphatic carbocycles. The van der Waals surface area contributed by atoms with E-state index in [2.05, 4.69) is 5.10 Å². The van der Waals surface area contributed by atoms with Crippen LogP contribution >= 0.6 is 0 Å². The lowest BCUT2D eigenvalue weighted by molar-refractivity contribution is -0.116. The molecule has 0 bridgehead atoms. The molecule has 4 nitrogen and oxygen atoms in total. The first-order valence-electron chi connectivity index (χ1n) is 6.26. The molecule has 1 aromatic rings. The molecule has 1 aliphatic rings. The van der Waals surface area contributed by atoms with Crippen LogP contribution in [0.1, 0.15) is 43.4 Å². The van der Waals surface area contributed by atoms with E-state index in [-0.39, 0.29) is 5.78 Å². The molecular formula is C13H20N2O2. The highest BCUT2D eigenvalue weighted by Crippen LogP contribution is 2.28. The molecule has 1 aliphatic heterocycles. The van der Waals surface area contributed by atoms with Gasteiger partial charge < -0.3 is 9.53 Å². The van der Waals surface area contributed by atoms with E-state index >= 15 is 0 Å². The molecule has 0 aromatic carbocycles. The van der Waals surface area contributed by atoms with Gasteiger partial charge in [-0.15, -0.1) is 0 Å². The van der Waals surface area contributed by atoms with Crippen molar-refractivity contribution in [3.8, 4) is 0 Å². The zero-order chi connectivity index (χ0) is 12.3. The minimum atomic E-state index is 0.242. The molecule has 0 N–H and O–H groups in total. The summed E-state index contributed by atoms with van der Waals surface area (Å²) >= 11 is 0. The third-order valence-corrected chi connectivity index (χ3v) is 3.29. The van der Waals surface area contributed by atoms with Crippen LogP contribution in [0.4, 0.5) is 0 Å². The summed E-state index contributed by atoms with van der Waals surface area (Å²) in [5.74, 6) is 0.749. The topological polar surface area (TPSA) is 44.1 Å². The van der Waals surface area contributed by atoms with Crippen molar-refractivity contribution < 1.29 is 9.53 Å². The summed E-state index contributed by atoms with van der Waals surface area (Å²) in [6.45, 7) is 3.30. The van der Waals surface area contributed by atoms with E-state index in [9.17, 15) is 4.79 Å². The second-order valence-electron chi connectivity index (χ2n) is 4.80. The Morgan fingerprint density at radius 3 is 2.88 bits per heavy atom. The first-order chi connectivity index (χ1) is 8.16. The van der Waals surface area contributed by atoms with Gasteiger partial charge in [0.25, 0.3) is 0 Å². The Kier molecular flexibility index (Phi) is 3.94. The van der Waals surface area contributed by atoms with Gasteiger partial charge in [0.05, 0.1) is 5.69 Å². The number of Topliss-reactive ketones (excluding diaryl/α,β-unsaturated/α-hetero) is 1. The highest BCUT2D eigenvalue weighted by molar-refractivity contribution is 5.75. The van der Waals surface area contributed by atoms with Gasteiger partial charge in [0.15, 0.2) is 0 Å². The van der Waals surface area contributed by atoms with Crippen LogP contribution in [0.2, 0.25) is 0 Å². The van der Waals surface area contributed by atoms with Gasteiger partial charge in [-0.25, -0.2) is 0 Å². The van der Waals surface area contributed by atoms with E-state index in [0.717, 1.165) is 32.5 Å². The summed E-state index contributed by atoms with van der Waals surface area (Å²) in [5.41, 5.74) is 2.41. The summed E-state index contributed by atoms with van der Waals surface area (Å²) in [6.07, 6.45) is 5.57. The summed E-state index contributed by atoms with van der Waals surface area (Å²) in [6, 6.07) is 0. The van der Waals surface area contributed by atoms with Gasteiger partial charge in [0.2, 0.25) is 0 Å². The molecule has 0 atom stereocenters. The second kappa shape index (κ2) is 5.45. The van der Waals surface area contributed by atoms with Crippen LogP contribution in [-0.2, 0) is 23.0 Å². The van der Waals surface area contributed by atoms with Crippen molar-refractivity contribution in [1.82, 2.24) is 9.78 Å². The molecule has 0 unspecified atom stereocenters. The molecule has 1 fully saturated rings. The third-order valence-electron chi connectivity index (χ3n) is 3.29. The Hall–Kier alpha value is -1.16. The lowest BCUT2D eigenvalue weighted by Crippen LogP contribution is -2.16. The van der Waals surface area contributed by atoms with Crippen molar-refractivity contribution in [2.45, 2.75) is 38.5 Å². The molecule has 1 saturated heterocycles. The summed E-state index contributed by atoms with van der Waals surface area (Å²) in [5, 5.41) is 4.56. The first kappa shape index (κ1) is 12.3. The quantitative estimate of drug-likeness (QED) is 0.801. The molecular weight excluding hydrogens is 216 g/mol. The molecule has 0 amide bonds. The Balaban J connectivity index is 2.11. The Bertz CT molecular complexity index is 392. The molecule has 0 saturated carbocycles. The number of aromatic nitrogens is 2. The van der Waals surface area contributed by atoms with Crippen LogP contribution in [-0.4, -0.2) is 28.8 Å². The van der Waals surface area contributed by atoms with Crippen LogP contribution in [0.25, 0.3) is 0 Å². The number of hydrogen-bond donors (Lipinski definition) is 0. The number of ketones is 1. The number of carbonyl (C=O) groups is 1. The van der Waals surface area contributed by atoms with E-state index in [4.69, 9.17) is 4.74 Å². The van der Waals surface area contributed by atoms with Crippen LogP contribution in [0, 0.1) is 0 Å². The number of carbonyl (C=O) groups excluding carboxylic acids is 1. The fraction of sp³-hybridized carbons (Fsp3) is 0.692. The largest absolute Gasteiger partial charge is 0.381 e. The van der Waals surface area contributed by atoms with E-state index in [1.54, 1.807) is 6.92 Å². The van der Waals surface area contributed by atoms with E-state index < -0.39 is 0 Å². The zero-order valence-corrected chi connectivity index (χ0v) is 10.6. The SMILES string of the molecule is CC(=O)CCc1cn(C)nc1C1CCOCC1. The second-order valence-corrected chi connectivity index (χ2v) is 4.80. The maximum absolute atomic E-state index is 11.1. The van der Waals surface area contributed by atoms with Crippen LogP contribution in [0.5, 0.6) is 0 Å². The molecule has 2 rings (SSSR count). The van der Waals surface area contributed by atoms with Crippen molar-refractivity contribution in [1.29, 1.82) is 0 Å². The van der Waals surface area contributed by atoms with E-state index in [1.807, 2.05) is 17.9 Å². The number of ether oxygens (including phenoxy) is 1. The van der Waals surface area contributed by atoms with Gasteiger partial charge >= 0.3 is 0 Å². The number of nitrogens with zero attached hydrogens (tertiary/aromatic N) is 2. The van der Waals surface area contributed by atoms with Crippen molar-refractivity contribution in [3.63, 3.8) is 0 Å². The molecule has 0 radical (unpaired) electrons. The number of hydrogen-bond acceptors (Lipinski definition) is 3. The molecule has 94 valence electrons. The van der Waals surface area contributed by atoms with Crippen molar-refractivity contribution >= 4 is 5.78 Å². The van der Waals surface area contributed by atoms with Crippen molar-refractivity contribution in [3.05, 3.63) is 17.5 Å². The van der Waals surface area contributed by atoms with Crippen LogP contribution in [0.15, 0.2) is 6.20 Å². The maximum atomic E-state index is 11.1. The third kappa shape index (κ3) is 3.16. The molecule has 4 heteroatoms. The molecule has 2 heterocycles. The van der Waals surface area contributed by atoms with Crippen molar-refractivity contribution in [2.75, 3.05) is 13.2 Å². The van der Waals surface area contributed by atoms with Gasteiger partial charge in [-0.05, 0) is 31.7 Å². The smallest absolute Gasteiger partial charge is 0.130 e. The minimum Gasteiger partial charge on any atom is -0.381 e. The Morgan fingerprint density at radius 1 is 1.53 bits per heavy atom. The zero-order valence-electron chi connectivity index (χ0n) is 10.6. The number of aryl methyl sites for hydroxylation is 2. The molecule has 0 spiro atoms. The lowest BCUT2D eigenvalue weighted by Gasteiger charge is -2.21. The van der Waals surface area contributed by atoms with Gasteiger partial charge in [0, 0.05) is 38.8 Å². The van der Waals surface area contributed by atoms with E-state index in [0.29, 0.717) is 12.3 Å². The monoisotopic (exact) mass is 236 g/mol. The highest BCUT2D eigenvalue weighted by Gasteiger charge is 2.21. The standard InChI is InChI=1S/C13H20N2O2/c1-10(16)3-4-12-9-15(2)14-13(12)11-5-7-17-8-6-11/h9,11H,3-8H2,1-2H3. The van der Waals surface area contributed by atoms with Gasteiger partial charge in [-0.3, -0.25) is 4.68 Å².